The van der Waals surface area contributed by atoms with Crippen molar-refractivity contribution in [3.63, 3.8) is 0 Å². The second kappa shape index (κ2) is 13.9. The summed E-state index contributed by atoms with van der Waals surface area (Å²) in [5.41, 5.74) is 1.90. The molecule has 210 valence electrons. The molecule has 4 rings (SSSR count). The van der Waals surface area contributed by atoms with Gasteiger partial charge in [-0.05, 0) is 36.1 Å². The van der Waals surface area contributed by atoms with E-state index in [1.807, 2.05) is 47.4 Å². The molecule has 2 aromatic carbocycles. The van der Waals surface area contributed by atoms with Gasteiger partial charge in [-0.1, -0.05) is 80.3 Å². The van der Waals surface area contributed by atoms with Crippen molar-refractivity contribution < 1.29 is 14.4 Å². The van der Waals surface area contributed by atoms with Crippen LogP contribution in [0.15, 0.2) is 54.6 Å². The zero-order valence-corrected chi connectivity index (χ0v) is 23.7. The molecule has 0 aromatic heterocycles. The lowest BCUT2D eigenvalue weighted by molar-refractivity contribution is -0.139. The highest BCUT2D eigenvalue weighted by atomic mass is 35.5. The summed E-state index contributed by atoms with van der Waals surface area (Å²) in [5.74, 6) is -0.120. The molecule has 2 fully saturated rings. The molecule has 0 spiro atoms. The number of rotatable bonds is 10. The van der Waals surface area contributed by atoms with E-state index in [1.54, 1.807) is 19.1 Å². The number of hydrogen-bond donors (Lipinski definition) is 2. The van der Waals surface area contributed by atoms with Crippen LogP contribution >= 0.6 is 11.6 Å². The molecule has 8 heteroatoms. The minimum atomic E-state index is -0.605. The topological polar surface area (TPSA) is 81.8 Å². The molecule has 0 radical (unpaired) electrons. The Hall–Kier alpha value is -2.90. The van der Waals surface area contributed by atoms with Gasteiger partial charge in [-0.3, -0.25) is 19.3 Å². The van der Waals surface area contributed by atoms with Gasteiger partial charge < -0.3 is 15.5 Å². The van der Waals surface area contributed by atoms with Gasteiger partial charge in [0.05, 0.1) is 6.42 Å². The van der Waals surface area contributed by atoms with Gasteiger partial charge in [0.15, 0.2) is 0 Å². The minimum absolute atomic E-state index is 0.0414. The zero-order chi connectivity index (χ0) is 27.7. The van der Waals surface area contributed by atoms with Crippen LogP contribution in [0.2, 0.25) is 5.02 Å². The van der Waals surface area contributed by atoms with Crippen LogP contribution in [-0.4, -0.2) is 71.8 Å². The maximum atomic E-state index is 13.6. The Balaban J connectivity index is 1.37. The van der Waals surface area contributed by atoms with Gasteiger partial charge in [-0.25, -0.2) is 0 Å². The molecule has 1 aliphatic heterocycles. The molecule has 2 N–H and O–H groups in total. The number of hydrogen-bond acceptors (Lipinski definition) is 4. The van der Waals surface area contributed by atoms with E-state index in [0.29, 0.717) is 43.9 Å². The first-order valence-electron chi connectivity index (χ1n) is 14.3. The van der Waals surface area contributed by atoms with E-state index < -0.39 is 6.04 Å². The van der Waals surface area contributed by atoms with Crippen molar-refractivity contribution in [1.29, 1.82) is 0 Å². The third kappa shape index (κ3) is 8.05. The van der Waals surface area contributed by atoms with Gasteiger partial charge in [0.2, 0.25) is 17.7 Å². The molecule has 1 heterocycles. The van der Waals surface area contributed by atoms with Crippen LogP contribution in [0.25, 0.3) is 0 Å². The molecule has 3 amide bonds. The molecule has 1 aliphatic carbocycles. The quantitative estimate of drug-likeness (QED) is 0.467. The standard InChI is InChI=1S/C31H41ClN4O3/c1-2-28(37)34-27(21-25-11-13-26(32)14-12-25)30(39)35-17-19-36(20-18-35)31(15-7-4-8-16-31)23-33-29(38)22-24-9-5-3-6-10-24/h3,5-6,9-14,27H,2,4,7-8,15-23H2,1H3,(H,33,38)(H,34,37)/t27-/m1/s1. The molecule has 2 aromatic rings. The number of nitrogens with zero attached hydrogens (tertiary/aromatic N) is 2. The number of piperazine rings is 1. The summed E-state index contributed by atoms with van der Waals surface area (Å²) >= 11 is 6.03. The van der Waals surface area contributed by atoms with Gasteiger partial charge in [0, 0.05) is 56.1 Å². The highest BCUT2D eigenvalue weighted by Gasteiger charge is 2.40. The molecular formula is C31H41ClN4O3. The van der Waals surface area contributed by atoms with Crippen LogP contribution in [0.5, 0.6) is 0 Å². The third-order valence-electron chi connectivity index (χ3n) is 8.18. The molecule has 0 bridgehead atoms. The summed E-state index contributed by atoms with van der Waals surface area (Å²) in [6, 6.07) is 16.6. The van der Waals surface area contributed by atoms with E-state index in [1.165, 1.54) is 6.42 Å². The van der Waals surface area contributed by atoms with E-state index in [4.69, 9.17) is 11.6 Å². The fraction of sp³-hybridized carbons (Fsp3) is 0.516. The Bertz CT molecular complexity index is 1090. The normalized spacial score (nSPS) is 18.3. The SMILES string of the molecule is CCC(=O)N[C@H](Cc1ccc(Cl)cc1)C(=O)N1CCN(C2(CNC(=O)Cc3ccccc3)CCCCC2)CC1. The summed E-state index contributed by atoms with van der Waals surface area (Å²) in [6.07, 6.45) is 6.78. The number of carbonyl (C=O) groups is 3. The van der Waals surface area contributed by atoms with Gasteiger partial charge >= 0.3 is 0 Å². The van der Waals surface area contributed by atoms with Crippen molar-refractivity contribution in [2.24, 2.45) is 0 Å². The van der Waals surface area contributed by atoms with Crippen LogP contribution in [0.1, 0.15) is 56.6 Å². The number of carbonyl (C=O) groups excluding carboxylic acids is 3. The number of amides is 3. The fourth-order valence-corrected chi connectivity index (χ4v) is 6.02. The number of benzene rings is 2. The average molecular weight is 553 g/mol. The van der Waals surface area contributed by atoms with E-state index in [-0.39, 0.29) is 23.3 Å². The van der Waals surface area contributed by atoms with E-state index >= 15 is 0 Å². The van der Waals surface area contributed by atoms with E-state index in [0.717, 1.165) is 49.9 Å². The molecule has 0 unspecified atom stereocenters. The van der Waals surface area contributed by atoms with Crippen LogP contribution in [-0.2, 0) is 27.2 Å². The summed E-state index contributed by atoms with van der Waals surface area (Å²) in [7, 11) is 0. The summed E-state index contributed by atoms with van der Waals surface area (Å²) in [4.78, 5) is 43.0. The predicted molar refractivity (Wildman–Crippen MR) is 155 cm³/mol. The minimum Gasteiger partial charge on any atom is -0.354 e. The summed E-state index contributed by atoms with van der Waals surface area (Å²) in [5, 5.41) is 6.81. The highest BCUT2D eigenvalue weighted by Crippen LogP contribution is 2.34. The van der Waals surface area contributed by atoms with Crippen LogP contribution in [0.4, 0.5) is 0 Å². The lowest BCUT2D eigenvalue weighted by Crippen LogP contribution is -2.63. The lowest BCUT2D eigenvalue weighted by Gasteiger charge is -2.50. The van der Waals surface area contributed by atoms with Gasteiger partial charge in [0.25, 0.3) is 0 Å². The third-order valence-corrected chi connectivity index (χ3v) is 8.43. The molecule has 1 saturated heterocycles. The Kier molecular flexibility index (Phi) is 10.4. The summed E-state index contributed by atoms with van der Waals surface area (Å²) in [6.45, 7) is 5.17. The first-order valence-corrected chi connectivity index (χ1v) is 14.6. The van der Waals surface area contributed by atoms with Crippen LogP contribution in [0, 0.1) is 0 Å². The highest BCUT2D eigenvalue weighted by molar-refractivity contribution is 6.30. The van der Waals surface area contributed by atoms with Crippen molar-refractivity contribution in [2.75, 3.05) is 32.7 Å². The van der Waals surface area contributed by atoms with Crippen LogP contribution < -0.4 is 10.6 Å². The Labute approximate surface area is 237 Å². The maximum absolute atomic E-state index is 13.6. The summed E-state index contributed by atoms with van der Waals surface area (Å²) < 4.78 is 0. The molecule has 39 heavy (non-hydrogen) atoms. The van der Waals surface area contributed by atoms with Crippen molar-refractivity contribution in [3.05, 3.63) is 70.7 Å². The number of nitrogens with one attached hydrogen (secondary N) is 2. The molecule has 1 atom stereocenters. The second-order valence-electron chi connectivity index (χ2n) is 10.8. The van der Waals surface area contributed by atoms with E-state index in [9.17, 15) is 14.4 Å². The van der Waals surface area contributed by atoms with Crippen molar-refractivity contribution in [2.45, 2.75) is 69.9 Å². The van der Waals surface area contributed by atoms with E-state index in [2.05, 4.69) is 15.5 Å². The Morgan fingerprint density at radius 2 is 1.54 bits per heavy atom. The Morgan fingerprint density at radius 1 is 0.872 bits per heavy atom. The first-order chi connectivity index (χ1) is 18.9. The van der Waals surface area contributed by atoms with Gasteiger partial charge in [-0.2, -0.15) is 0 Å². The molecular weight excluding hydrogens is 512 g/mol. The molecule has 1 saturated carbocycles. The fourth-order valence-electron chi connectivity index (χ4n) is 5.90. The average Bonchev–Trinajstić information content (AvgIpc) is 2.97. The second-order valence-corrected chi connectivity index (χ2v) is 11.3. The van der Waals surface area contributed by atoms with Crippen molar-refractivity contribution >= 4 is 29.3 Å². The lowest BCUT2D eigenvalue weighted by atomic mass is 9.79. The predicted octanol–water partition coefficient (Wildman–Crippen LogP) is 3.98. The smallest absolute Gasteiger partial charge is 0.245 e. The monoisotopic (exact) mass is 552 g/mol. The molecule has 7 nitrogen and oxygen atoms in total. The Morgan fingerprint density at radius 3 is 2.18 bits per heavy atom. The van der Waals surface area contributed by atoms with Gasteiger partial charge in [0.1, 0.15) is 6.04 Å². The van der Waals surface area contributed by atoms with Crippen molar-refractivity contribution in [3.8, 4) is 0 Å². The molecule has 2 aliphatic rings. The van der Waals surface area contributed by atoms with Crippen LogP contribution in [0.3, 0.4) is 0 Å². The zero-order valence-electron chi connectivity index (χ0n) is 23.0. The largest absolute Gasteiger partial charge is 0.354 e. The van der Waals surface area contributed by atoms with Crippen molar-refractivity contribution in [1.82, 2.24) is 20.4 Å². The number of halogens is 1. The first kappa shape index (κ1) is 29.1. The van der Waals surface area contributed by atoms with Gasteiger partial charge in [-0.15, -0.1) is 0 Å². The maximum Gasteiger partial charge on any atom is 0.245 e.